The summed E-state index contributed by atoms with van der Waals surface area (Å²) in [5, 5.41) is 8.78. The van der Waals surface area contributed by atoms with Crippen molar-refractivity contribution in [2.75, 3.05) is 0 Å². The quantitative estimate of drug-likeness (QED) is 0.857. The van der Waals surface area contributed by atoms with Gasteiger partial charge in [-0.25, -0.2) is 13.6 Å². The van der Waals surface area contributed by atoms with E-state index in [1.807, 2.05) is 0 Å². The highest BCUT2D eigenvalue weighted by Crippen LogP contribution is 2.21. The van der Waals surface area contributed by atoms with Crippen molar-refractivity contribution in [3.8, 4) is 11.1 Å². The highest BCUT2D eigenvalue weighted by atomic mass is 19.1. The Morgan fingerprint density at radius 2 is 1.89 bits per heavy atom. The minimum atomic E-state index is -1.27. The van der Waals surface area contributed by atoms with Crippen LogP contribution in [0.25, 0.3) is 11.1 Å². The van der Waals surface area contributed by atoms with Crippen molar-refractivity contribution in [2.24, 2.45) is 0 Å². The standard InChI is InChI=1S/C12H7F2NO3/c13-7-1-2-10(14)8(4-7)9-3-6(12(17)18)5-15-11(9)16/h1-5H,(H,15,16)(H,17,18). The number of halogens is 2. The summed E-state index contributed by atoms with van der Waals surface area (Å²) in [4.78, 5) is 24.4. The number of aromatic amines is 1. The van der Waals surface area contributed by atoms with E-state index in [0.717, 1.165) is 30.5 Å². The number of H-pyrrole nitrogens is 1. The number of pyridine rings is 1. The van der Waals surface area contributed by atoms with Crippen LogP contribution in [-0.4, -0.2) is 16.1 Å². The minimum absolute atomic E-state index is 0.215. The van der Waals surface area contributed by atoms with Crippen LogP contribution in [-0.2, 0) is 0 Å². The average Bonchev–Trinajstić information content (AvgIpc) is 2.33. The molecule has 0 spiro atoms. The lowest BCUT2D eigenvalue weighted by Gasteiger charge is -2.03. The fourth-order valence-electron chi connectivity index (χ4n) is 1.51. The molecule has 0 bridgehead atoms. The third-order valence-electron chi connectivity index (χ3n) is 2.37. The van der Waals surface area contributed by atoms with Gasteiger partial charge in [0, 0.05) is 11.8 Å². The second-order valence-electron chi connectivity index (χ2n) is 3.56. The molecule has 0 atom stereocenters. The van der Waals surface area contributed by atoms with Gasteiger partial charge in [-0.1, -0.05) is 0 Å². The van der Waals surface area contributed by atoms with E-state index in [1.165, 1.54) is 0 Å². The van der Waals surface area contributed by atoms with Crippen molar-refractivity contribution in [1.82, 2.24) is 4.98 Å². The van der Waals surface area contributed by atoms with Gasteiger partial charge in [-0.15, -0.1) is 0 Å². The zero-order chi connectivity index (χ0) is 13.3. The lowest BCUT2D eigenvalue weighted by Crippen LogP contribution is -2.12. The molecular formula is C12H7F2NO3. The first-order valence-corrected chi connectivity index (χ1v) is 4.90. The third-order valence-corrected chi connectivity index (χ3v) is 2.37. The molecule has 2 rings (SSSR count). The molecule has 1 heterocycles. The van der Waals surface area contributed by atoms with Gasteiger partial charge >= 0.3 is 5.97 Å². The number of hydrogen-bond acceptors (Lipinski definition) is 2. The van der Waals surface area contributed by atoms with Gasteiger partial charge in [0.2, 0.25) is 0 Å². The normalized spacial score (nSPS) is 10.3. The smallest absolute Gasteiger partial charge is 0.337 e. The number of hydrogen-bond donors (Lipinski definition) is 2. The van der Waals surface area contributed by atoms with Crippen molar-refractivity contribution in [2.45, 2.75) is 0 Å². The molecule has 0 amide bonds. The van der Waals surface area contributed by atoms with E-state index in [0.29, 0.717) is 0 Å². The van der Waals surface area contributed by atoms with Gasteiger partial charge < -0.3 is 10.1 Å². The molecule has 1 aromatic heterocycles. The molecule has 0 saturated heterocycles. The first-order chi connectivity index (χ1) is 8.49. The lowest BCUT2D eigenvalue weighted by molar-refractivity contribution is 0.0696. The summed E-state index contributed by atoms with van der Waals surface area (Å²) in [6, 6.07) is 3.62. The van der Waals surface area contributed by atoms with Crippen molar-refractivity contribution in [3.05, 3.63) is 58.0 Å². The maximum Gasteiger partial charge on any atom is 0.337 e. The summed E-state index contributed by atoms with van der Waals surface area (Å²) >= 11 is 0. The number of benzene rings is 1. The van der Waals surface area contributed by atoms with Crippen molar-refractivity contribution >= 4 is 5.97 Å². The van der Waals surface area contributed by atoms with Crippen LogP contribution < -0.4 is 5.56 Å². The second-order valence-corrected chi connectivity index (χ2v) is 3.56. The molecule has 0 aliphatic carbocycles. The van der Waals surface area contributed by atoms with Gasteiger partial charge in [-0.05, 0) is 24.3 Å². The predicted octanol–water partition coefficient (Wildman–Crippen LogP) is 2.02. The van der Waals surface area contributed by atoms with Crippen LogP contribution in [0.5, 0.6) is 0 Å². The van der Waals surface area contributed by atoms with Crippen molar-refractivity contribution in [1.29, 1.82) is 0 Å². The van der Waals surface area contributed by atoms with Crippen LogP contribution in [0.3, 0.4) is 0 Å². The topological polar surface area (TPSA) is 70.2 Å². The van der Waals surface area contributed by atoms with Gasteiger partial charge in [0.25, 0.3) is 5.56 Å². The minimum Gasteiger partial charge on any atom is -0.478 e. The highest BCUT2D eigenvalue weighted by Gasteiger charge is 2.13. The van der Waals surface area contributed by atoms with E-state index < -0.39 is 23.2 Å². The van der Waals surface area contributed by atoms with E-state index in [9.17, 15) is 18.4 Å². The average molecular weight is 251 g/mol. The van der Waals surface area contributed by atoms with Crippen LogP contribution in [0, 0.1) is 11.6 Å². The molecule has 0 aliphatic heterocycles. The third kappa shape index (κ3) is 2.13. The van der Waals surface area contributed by atoms with Crippen molar-refractivity contribution in [3.63, 3.8) is 0 Å². The Labute approximate surface area is 99.5 Å². The maximum absolute atomic E-state index is 13.5. The van der Waals surface area contributed by atoms with Crippen LogP contribution in [0.2, 0.25) is 0 Å². The van der Waals surface area contributed by atoms with E-state index in [2.05, 4.69) is 4.98 Å². The van der Waals surface area contributed by atoms with Gasteiger partial charge in [-0.2, -0.15) is 0 Å². The maximum atomic E-state index is 13.5. The van der Waals surface area contributed by atoms with Crippen LogP contribution in [0.1, 0.15) is 10.4 Å². The van der Waals surface area contributed by atoms with Gasteiger partial charge in [0.15, 0.2) is 0 Å². The Balaban J connectivity index is 2.70. The number of rotatable bonds is 2. The molecule has 6 heteroatoms. The summed E-state index contributed by atoms with van der Waals surface area (Å²) in [6.07, 6.45) is 0.991. The van der Waals surface area contributed by atoms with Crippen LogP contribution in [0.15, 0.2) is 35.3 Å². The number of nitrogens with one attached hydrogen (secondary N) is 1. The number of carboxylic acids is 1. The number of aromatic nitrogens is 1. The SMILES string of the molecule is O=C(O)c1c[nH]c(=O)c(-c2cc(F)ccc2F)c1. The van der Waals surface area contributed by atoms with Crippen LogP contribution >= 0.6 is 0 Å². The van der Waals surface area contributed by atoms with Gasteiger partial charge in [-0.3, -0.25) is 4.79 Å². The molecule has 2 aromatic rings. The van der Waals surface area contributed by atoms with E-state index in [4.69, 9.17) is 5.11 Å². The Kier molecular flexibility index (Phi) is 2.93. The second kappa shape index (κ2) is 4.40. The Morgan fingerprint density at radius 1 is 1.17 bits per heavy atom. The predicted molar refractivity (Wildman–Crippen MR) is 59.4 cm³/mol. The Morgan fingerprint density at radius 3 is 2.56 bits per heavy atom. The summed E-state index contributed by atoms with van der Waals surface area (Å²) < 4.78 is 26.5. The van der Waals surface area contributed by atoms with Crippen molar-refractivity contribution < 1.29 is 18.7 Å². The molecule has 1 aromatic carbocycles. The fraction of sp³-hybridized carbons (Fsp3) is 0. The molecule has 0 unspecified atom stereocenters. The monoisotopic (exact) mass is 251 g/mol. The highest BCUT2D eigenvalue weighted by molar-refractivity contribution is 5.88. The van der Waals surface area contributed by atoms with Gasteiger partial charge in [0.1, 0.15) is 11.6 Å². The number of aromatic carboxylic acids is 1. The molecule has 0 saturated carbocycles. The molecule has 18 heavy (non-hydrogen) atoms. The molecule has 2 N–H and O–H groups in total. The largest absolute Gasteiger partial charge is 0.478 e. The molecular weight excluding hydrogens is 244 g/mol. The Hall–Kier alpha value is -2.50. The molecule has 92 valence electrons. The van der Waals surface area contributed by atoms with Crippen LogP contribution in [0.4, 0.5) is 8.78 Å². The fourth-order valence-corrected chi connectivity index (χ4v) is 1.51. The first kappa shape index (κ1) is 12.0. The zero-order valence-corrected chi connectivity index (χ0v) is 8.91. The summed E-state index contributed by atoms with van der Waals surface area (Å²) in [7, 11) is 0. The summed E-state index contributed by atoms with van der Waals surface area (Å²) in [6.45, 7) is 0. The molecule has 4 nitrogen and oxygen atoms in total. The molecule has 0 aliphatic rings. The first-order valence-electron chi connectivity index (χ1n) is 4.90. The molecule has 0 fully saturated rings. The van der Waals surface area contributed by atoms with E-state index in [1.54, 1.807) is 0 Å². The number of carboxylic acid groups (broad SMARTS) is 1. The molecule has 0 radical (unpaired) electrons. The lowest BCUT2D eigenvalue weighted by atomic mass is 10.0. The van der Waals surface area contributed by atoms with E-state index >= 15 is 0 Å². The summed E-state index contributed by atoms with van der Waals surface area (Å²) in [5.74, 6) is -2.79. The summed E-state index contributed by atoms with van der Waals surface area (Å²) in [5.41, 5.74) is -1.41. The Bertz CT molecular complexity index is 679. The van der Waals surface area contributed by atoms with Gasteiger partial charge in [0.05, 0.1) is 11.1 Å². The number of carbonyl (C=O) groups is 1. The van der Waals surface area contributed by atoms with E-state index in [-0.39, 0.29) is 16.7 Å². The zero-order valence-electron chi connectivity index (χ0n) is 8.91.